The van der Waals surface area contributed by atoms with E-state index in [9.17, 15) is 9.18 Å². The molecule has 0 aliphatic rings. The van der Waals surface area contributed by atoms with E-state index in [0.29, 0.717) is 19.8 Å². The number of ether oxygens (including phenoxy) is 1. The molecule has 0 aliphatic carbocycles. The van der Waals surface area contributed by atoms with Gasteiger partial charge in [0.15, 0.2) is 0 Å². The van der Waals surface area contributed by atoms with E-state index >= 15 is 0 Å². The van der Waals surface area contributed by atoms with Crippen molar-refractivity contribution in [1.82, 2.24) is 5.32 Å². The first kappa shape index (κ1) is 14.4. The molecule has 1 rings (SSSR count). The predicted octanol–water partition coefficient (Wildman–Crippen LogP) is 1.95. The summed E-state index contributed by atoms with van der Waals surface area (Å²) in [7, 11) is 0. The lowest BCUT2D eigenvalue weighted by Gasteiger charge is -2.08. The van der Waals surface area contributed by atoms with E-state index in [4.69, 9.17) is 10.5 Å². The van der Waals surface area contributed by atoms with Crippen LogP contribution in [-0.2, 0) is 4.74 Å². The van der Waals surface area contributed by atoms with Gasteiger partial charge in [-0.2, -0.15) is 0 Å². The number of rotatable bonds is 7. The fourth-order valence-corrected chi connectivity index (χ4v) is 1.41. The number of unbranched alkanes of at least 4 members (excludes halogenated alkanes) is 1. The number of carbonyl (C=O) groups excluding carboxylic acids is 1. The largest absolute Gasteiger partial charge is 0.398 e. The average molecular weight is 254 g/mol. The molecule has 0 aliphatic heterocycles. The van der Waals surface area contributed by atoms with Gasteiger partial charge in [-0.3, -0.25) is 4.79 Å². The van der Waals surface area contributed by atoms with E-state index in [1.165, 1.54) is 12.1 Å². The quantitative estimate of drug-likeness (QED) is 0.577. The lowest BCUT2D eigenvalue weighted by molar-refractivity contribution is 0.0913. The summed E-state index contributed by atoms with van der Waals surface area (Å²) < 4.78 is 18.3. The molecule has 3 N–H and O–H groups in total. The number of hydrogen-bond donors (Lipinski definition) is 2. The first-order valence-corrected chi connectivity index (χ1v) is 6.06. The van der Waals surface area contributed by atoms with E-state index < -0.39 is 5.82 Å². The summed E-state index contributed by atoms with van der Waals surface area (Å²) in [5.74, 6) is -0.861. The molecule has 1 amide bonds. The average Bonchev–Trinajstić information content (AvgIpc) is 2.36. The van der Waals surface area contributed by atoms with Gasteiger partial charge in [0.1, 0.15) is 5.82 Å². The molecule has 4 nitrogen and oxygen atoms in total. The van der Waals surface area contributed by atoms with Crippen LogP contribution in [0.4, 0.5) is 10.1 Å². The van der Waals surface area contributed by atoms with Crippen LogP contribution in [0.25, 0.3) is 0 Å². The maximum absolute atomic E-state index is 13.0. The molecule has 1 aromatic carbocycles. The Bertz CT molecular complexity index is 397. The Morgan fingerprint density at radius 2 is 2.22 bits per heavy atom. The van der Waals surface area contributed by atoms with Gasteiger partial charge in [-0.1, -0.05) is 13.3 Å². The van der Waals surface area contributed by atoms with Crippen molar-refractivity contribution in [2.75, 3.05) is 25.5 Å². The topological polar surface area (TPSA) is 64.3 Å². The van der Waals surface area contributed by atoms with Gasteiger partial charge in [-0.15, -0.1) is 0 Å². The minimum atomic E-state index is -0.478. The van der Waals surface area contributed by atoms with E-state index in [1.54, 1.807) is 0 Å². The molecule has 0 bridgehead atoms. The predicted molar refractivity (Wildman–Crippen MR) is 68.9 cm³/mol. The van der Waals surface area contributed by atoms with Crippen molar-refractivity contribution in [1.29, 1.82) is 0 Å². The molecule has 0 saturated heterocycles. The second-order valence-corrected chi connectivity index (χ2v) is 3.95. The fraction of sp³-hybridized carbons (Fsp3) is 0.462. The molecule has 0 aromatic heterocycles. The Balaban J connectivity index is 2.34. The Morgan fingerprint density at radius 3 is 2.94 bits per heavy atom. The molecular weight excluding hydrogens is 235 g/mol. The number of anilines is 1. The Hall–Kier alpha value is -1.62. The van der Waals surface area contributed by atoms with Gasteiger partial charge in [-0.05, 0) is 24.6 Å². The second kappa shape index (κ2) is 7.66. The number of nitrogens with one attached hydrogen (secondary N) is 1. The zero-order valence-corrected chi connectivity index (χ0v) is 10.5. The molecule has 0 radical (unpaired) electrons. The van der Waals surface area contributed by atoms with Crippen LogP contribution in [0.5, 0.6) is 0 Å². The molecule has 5 heteroatoms. The van der Waals surface area contributed by atoms with E-state index in [0.717, 1.165) is 18.9 Å². The smallest absolute Gasteiger partial charge is 0.253 e. The highest BCUT2D eigenvalue weighted by atomic mass is 19.1. The maximum Gasteiger partial charge on any atom is 0.253 e. The van der Waals surface area contributed by atoms with Gasteiger partial charge in [-0.25, -0.2) is 4.39 Å². The molecule has 0 atom stereocenters. The highest BCUT2D eigenvalue weighted by Crippen LogP contribution is 2.12. The van der Waals surface area contributed by atoms with Crippen molar-refractivity contribution >= 4 is 11.6 Å². The zero-order valence-electron chi connectivity index (χ0n) is 10.5. The van der Waals surface area contributed by atoms with Gasteiger partial charge in [0.25, 0.3) is 5.91 Å². The van der Waals surface area contributed by atoms with Crippen LogP contribution in [0.1, 0.15) is 30.1 Å². The second-order valence-electron chi connectivity index (χ2n) is 3.95. The summed E-state index contributed by atoms with van der Waals surface area (Å²) in [6, 6.07) is 3.73. The highest BCUT2D eigenvalue weighted by Gasteiger charge is 2.09. The number of hydrogen-bond acceptors (Lipinski definition) is 3. The van der Waals surface area contributed by atoms with Crippen LogP contribution in [0.3, 0.4) is 0 Å². The van der Waals surface area contributed by atoms with Gasteiger partial charge in [0, 0.05) is 18.8 Å². The molecule has 0 spiro atoms. The minimum Gasteiger partial charge on any atom is -0.398 e. The third-order valence-electron chi connectivity index (χ3n) is 2.43. The van der Waals surface area contributed by atoms with Crippen LogP contribution in [-0.4, -0.2) is 25.7 Å². The Kier molecular flexibility index (Phi) is 6.14. The van der Waals surface area contributed by atoms with Crippen molar-refractivity contribution in [3.8, 4) is 0 Å². The summed E-state index contributed by atoms with van der Waals surface area (Å²) in [4.78, 5) is 11.7. The van der Waals surface area contributed by atoms with Crippen molar-refractivity contribution in [3.05, 3.63) is 29.6 Å². The molecule has 1 aromatic rings. The third kappa shape index (κ3) is 4.71. The highest BCUT2D eigenvalue weighted by molar-refractivity contribution is 5.99. The number of halogens is 1. The van der Waals surface area contributed by atoms with E-state index in [1.807, 2.05) is 0 Å². The summed E-state index contributed by atoms with van der Waals surface area (Å²) in [5.41, 5.74) is 6.02. The van der Waals surface area contributed by atoms with Crippen LogP contribution < -0.4 is 11.1 Å². The summed E-state index contributed by atoms with van der Waals surface area (Å²) in [5, 5.41) is 2.63. The van der Waals surface area contributed by atoms with Gasteiger partial charge in [0.05, 0.1) is 12.2 Å². The summed E-state index contributed by atoms with van der Waals surface area (Å²) >= 11 is 0. The molecule has 0 heterocycles. The van der Waals surface area contributed by atoms with Crippen molar-refractivity contribution in [2.24, 2.45) is 0 Å². The first-order chi connectivity index (χ1) is 8.65. The first-order valence-electron chi connectivity index (χ1n) is 6.06. The summed E-state index contributed by atoms with van der Waals surface area (Å²) in [6.07, 6.45) is 2.08. The molecule has 18 heavy (non-hydrogen) atoms. The number of nitrogens with two attached hydrogens (primary N) is 1. The molecule has 0 saturated carbocycles. The molecule has 100 valence electrons. The Morgan fingerprint density at radius 1 is 1.44 bits per heavy atom. The lowest BCUT2D eigenvalue weighted by atomic mass is 10.1. The fourth-order valence-electron chi connectivity index (χ4n) is 1.41. The van der Waals surface area contributed by atoms with Crippen LogP contribution in [0.15, 0.2) is 18.2 Å². The summed E-state index contributed by atoms with van der Waals surface area (Å²) in [6.45, 7) is 3.60. The van der Waals surface area contributed by atoms with Gasteiger partial charge in [0.2, 0.25) is 0 Å². The molecule has 0 fully saturated rings. The molecule has 0 unspecified atom stereocenters. The van der Waals surface area contributed by atoms with E-state index in [-0.39, 0.29) is 17.2 Å². The monoisotopic (exact) mass is 254 g/mol. The van der Waals surface area contributed by atoms with Crippen molar-refractivity contribution < 1.29 is 13.9 Å². The minimum absolute atomic E-state index is 0.156. The Labute approximate surface area is 106 Å². The molecular formula is C13H19FN2O2. The van der Waals surface area contributed by atoms with Gasteiger partial charge >= 0.3 is 0 Å². The maximum atomic E-state index is 13.0. The SMILES string of the molecule is CCCCOCCNC(=O)c1cc(F)ccc1N. The van der Waals surface area contributed by atoms with Crippen molar-refractivity contribution in [3.63, 3.8) is 0 Å². The lowest BCUT2D eigenvalue weighted by Crippen LogP contribution is -2.28. The van der Waals surface area contributed by atoms with Crippen LogP contribution in [0.2, 0.25) is 0 Å². The zero-order chi connectivity index (χ0) is 13.4. The van der Waals surface area contributed by atoms with Crippen LogP contribution >= 0.6 is 0 Å². The number of amides is 1. The van der Waals surface area contributed by atoms with Crippen molar-refractivity contribution in [2.45, 2.75) is 19.8 Å². The standard InChI is InChI=1S/C13H19FN2O2/c1-2-3-7-18-8-6-16-13(17)11-9-10(14)4-5-12(11)15/h4-5,9H,2-3,6-8,15H2,1H3,(H,16,17). The van der Waals surface area contributed by atoms with E-state index in [2.05, 4.69) is 12.2 Å². The number of carbonyl (C=O) groups is 1. The van der Waals surface area contributed by atoms with Gasteiger partial charge < -0.3 is 15.8 Å². The number of benzene rings is 1. The van der Waals surface area contributed by atoms with Crippen LogP contribution in [0, 0.1) is 5.82 Å². The normalized spacial score (nSPS) is 10.3. The number of nitrogen functional groups attached to an aromatic ring is 1. The third-order valence-corrected chi connectivity index (χ3v) is 2.43.